The molecule has 0 spiro atoms. The summed E-state index contributed by atoms with van der Waals surface area (Å²) in [6.45, 7) is 3.34. The fourth-order valence-corrected chi connectivity index (χ4v) is 4.04. The summed E-state index contributed by atoms with van der Waals surface area (Å²) in [7, 11) is 0. The number of fused-ring (bicyclic) bond motifs is 1. The van der Waals surface area contributed by atoms with Crippen molar-refractivity contribution < 1.29 is 4.79 Å². The number of aryl methyl sites for hydroxylation is 1. The number of benzene rings is 1. The molecule has 0 bridgehead atoms. The van der Waals surface area contributed by atoms with Crippen LogP contribution in [0.1, 0.15) is 26.5 Å². The molecule has 24 heavy (non-hydrogen) atoms. The second-order valence-electron chi connectivity index (χ2n) is 5.92. The molecule has 3 aromatic rings. The van der Waals surface area contributed by atoms with Crippen LogP contribution in [0.25, 0.3) is 10.6 Å². The largest absolute Gasteiger partial charge is 0.333 e. The third-order valence-electron chi connectivity index (χ3n) is 4.32. The van der Waals surface area contributed by atoms with E-state index in [2.05, 4.69) is 28.2 Å². The van der Waals surface area contributed by atoms with Gasteiger partial charge in [-0.15, -0.1) is 11.3 Å². The molecule has 0 N–H and O–H groups in total. The maximum absolute atomic E-state index is 13.0. The first-order chi connectivity index (χ1) is 11.7. The lowest BCUT2D eigenvalue weighted by atomic mass is 10.00. The molecular weight excluding hydrogens is 318 g/mol. The fraction of sp³-hybridized carbons (Fsp3) is 0.211. The molecule has 0 unspecified atom stereocenters. The second kappa shape index (κ2) is 6.17. The van der Waals surface area contributed by atoms with E-state index in [0.717, 1.165) is 34.1 Å². The number of hydrogen-bond acceptors (Lipinski definition) is 4. The SMILES string of the molecule is Cc1nc(-c2cccnc2)sc1C(=O)N1CCc2ccccc2C1. The lowest BCUT2D eigenvalue weighted by molar-refractivity contribution is 0.0738. The molecular formula is C19H17N3OS. The number of hydrogen-bond donors (Lipinski definition) is 0. The highest BCUT2D eigenvalue weighted by Gasteiger charge is 2.25. The average Bonchev–Trinajstić information content (AvgIpc) is 3.03. The zero-order valence-electron chi connectivity index (χ0n) is 13.4. The highest BCUT2D eigenvalue weighted by molar-refractivity contribution is 7.17. The predicted molar refractivity (Wildman–Crippen MR) is 95.0 cm³/mol. The van der Waals surface area contributed by atoms with Crippen LogP contribution in [0.3, 0.4) is 0 Å². The molecule has 5 heteroatoms. The van der Waals surface area contributed by atoms with Crippen LogP contribution in [0.15, 0.2) is 48.8 Å². The van der Waals surface area contributed by atoms with Crippen LogP contribution >= 0.6 is 11.3 Å². The number of thiazole rings is 1. The van der Waals surface area contributed by atoms with Gasteiger partial charge in [0.2, 0.25) is 0 Å². The predicted octanol–water partition coefficient (Wildman–Crippen LogP) is 3.71. The normalized spacial score (nSPS) is 13.6. The number of amides is 1. The van der Waals surface area contributed by atoms with Gasteiger partial charge in [-0.1, -0.05) is 24.3 Å². The first kappa shape index (κ1) is 15.0. The Hall–Kier alpha value is -2.53. The first-order valence-corrected chi connectivity index (χ1v) is 8.78. The van der Waals surface area contributed by atoms with Gasteiger partial charge in [0.05, 0.1) is 5.69 Å². The summed E-state index contributed by atoms with van der Waals surface area (Å²) in [6.07, 6.45) is 4.43. The van der Waals surface area contributed by atoms with E-state index in [-0.39, 0.29) is 5.91 Å². The van der Waals surface area contributed by atoms with E-state index in [1.54, 1.807) is 12.4 Å². The fourth-order valence-electron chi connectivity index (χ4n) is 3.02. The lowest BCUT2D eigenvalue weighted by Crippen LogP contribution is -2.35. The van der Waals surface area contributed by atoms with Gasteiger partial charge in [-0.3, -0.25) is 9.78 Å². The monoisotopic (exact) mass is 335 g/mol. The van der Waals surface area contributed by atoms with Crippen molar-refractivity contribution >= 4 is 17.2 Å². The Bertz CT molecular complexity index is 889. The van der Waals surface area contributed by atoms with Crippen molar-refractivity contribution in [1.82, 2.24) is 14.9 Å². The Balaban J connectivity index is 1.61. The maximum atomic E-state index is 13.0. The molecule has 1 amide bonds. The minimum atomic E-state index is 0.0784. The smallest absolute Gasteiger partial charge is 0.266 e. The molecule has 4 rings (SSSR count). The number of carbonyl (C=O) groups is 1. The van der Waals surface area contributed by atoms with Crippen LogP contribution < -0.4 is 0 Å². The van der Waals surface area contributed by atoms with Gasteiger partial charge in [0.15, 0.2) is 0 Å². The molecule has 120 valence electrons. The zero-order chi connectivity index (χ0) is 16.5. The Kier molecular flexibility index (Phi) is 3.86. The summed E-state index contributed by atoms with van der Waals surface area (Å²) in [4.78, 5) is 24.3. The maximum Gasteiger partial charge on any atom is 0.266 e. The molecule has 1 aromatic carbocycles. The summed E-state index contributed by atoms with van der Waals surface area (Å²) < 4.78 is 0. The number of rotatable bonds is 2. The zero-order valence-corrected chi connectivity index (χ0v) is 14.2. The van der Waals surface area contributed by atoms with E-state index < -0.39 is 0 Å². The van der Waals surface area contributed by atoms with Gasteiger partial charge in [0.1, 0.15) is 9.88 Å². The number of nitrogens with zero attached hydrogens (tertiary/aromatic N) is 3. The highest BCUT2D eigenvalue weighted by Crippen LogP contribution is 2.29. The molecule has 1 aliphatic rings. The summed E-state index contributed by atoms with van der Waals surface area (Å²) in [6, 6.07) is 12.2. The summed E-state index contributed by atoms with van der Waals surface area (Å²) in [5, 5.41) is 0.848. The van der Waals surface area contributed by atoms with Crippen molar-refractivity contribution in [3.63, 3.8) is 0 Å². The van der Waals surface area contributed by atoms with Crippen molar-refractivity contribution in [1.29, 1.82) is 0 Å². The van der Waals surface area contributed by atoms with E-state index in [1.807, 2.05) is 30.0 Å². The van der Waals surface area contributed by atoms with Crippen molar-refractivity contribution in [3.05, 3.63) is 70.5 Å². The van der Waals surface area contributed by atoms with Gasteiger partial charge in [0, 0.05) is 31.0 Å². The van der Waals surface area contributed by atoms with Crippen LogP contribution in [0.4, 0.5) is 0 Å². The van der Waals surface area contributed by atoms with E-state index >= 15 is 0 Å². The first-order valence-electron chi connectivity index (χ1n) is 7.96. The minimum absolute atomic E-state index is 0.0784. The summed E-state index contributed by atoms with van der Waals surface area (Å²) in [5.74, 6) is 0.0784. The van der Waals surface area contributed by atoms with Crippen LogP contribution in [0.2, 0.25) is 0 Å². The number of aromatic nitrogens is 2. The van der Waals surface area contributed by atoms with Gasteiger partial charge in [-0.2, -0.15) is 0 Å². The molecule has 3 heterocycles. The standard InChI is InChI=1S/C19H17N3OS/c1-13-17(24-18(21-13)15-7-4-9-20-11-15)19(23)22-10-8-14-5-2-3-6-16(14)12-22/h2-7,9,11H,8,10,12H2,1H3. The van der Waals surface area contributed by atoms with Crippen molar-refractivity contribution in [2.45, 2.75) is 19.9 Å². The van der Waals surface area contributed by atoms with Crippen LogP contribution in [-0.2, 0) is 13.0 Å². The molecule has 4 nitrogen and oxygen atoms in total. The molecule has 0 radical (unpaired) electrons. The lowest BCUT2D eigenvalue weighted by Gasteiger charge is -2.28. The summed E-state index contributed by atoms with van der Waals surface area (Å²) >= 11 is 1.45. The van der Waals surface area contributed by atoms with Crippen molar-refractivity contribution in [2.75, 3.05) is 6.54 Å². The van der Waals surface area contributed by atoms with Crippen molar-refractivity contribution in [3.8, 4) is 10.6 Å². The Labute approximate surface area is 144 Å². The second-order valence-corrected chi connectivity index (χ2v) is 6.92. The highest BCUT2D eigenvalue weighted by atomic mass is 32.1. The van der Waals surface area contributed by atoms with Crippen molar-refractivity contribution in [2.24, 2.45) is 0 Å². The van der Waals surface area contributed by atoms with Crippen LogP contribution in [0.5, 0.6) is 0 Å². The van der Waals surface area contributed by atoms with Crippen LogP contribution in [0, 0.1) is 6.92 Å². The third kappa shape index (κ3) is 2.71. The Morgan fingerprint density at radius 1 is 1.17 bits per heavy atom. The molecule has 1 aliphatic heterocycles. The van der Waals surface area contributed by atoms with Crippen LogP contribution in [-0.4, -0.2) is 27.3 Å². The Morgan fingerprint density at radius 3 is 2.79 bits per heavy atom. The minimum Gasteiger partial charge on any atom is -0.333 e. The average molecular weight is 335 g/mol. The third-order valence-corrected chi connectivity index (χ3v) is 5.51. The molecule has 0 saturated heterocycles. The van der Waals surface area contributed by atoms with E-state index in [4.69, 9.17) is 0 Å². The quantitative estimate of drug-likeness (QED) is 0.717. The molecule has 0 fully saturated rings. The molecule has 0 saturated carbocycles. The van der Waals surface area contributed by atoms with E-state index in [0.29, 0.717) is 6.54 Å². The molecule has 0 aliphatic carbocycles. The molecule has 0 atom stereocenters. The Morgan fingerprint density at radius 2 is 2.00 bits per heavy atom. The van der Waals surface area contributed by atoms with Gasteiger partial charge < -0.3 is 4.90 Å². The number of carbonyl (C=O) groups excluding carboxylic acids is 1. The van der Waals surface area contributed by atoms with Gasteiger partial charge in [0.25, 0.3) is 5.91 Å². The van der Waals surface area contributed by atoms with Gasteiger partial charge >= 0.3 is 0 Å². The van der Waals surface area contributed by atoms with Gasteiger partial charge in [-0.25, -0.2) is 4.98 Å². The summed E-state index contributed by atoms with van der Waals surface area (Å²) in [5.41, 5.74) is 4.33. The number of pyridine rings is 1. The van der Waals surface area contributed by atoms with E-state index in [1.165, 1.54) is 22.5 Å². The topological polar surface area (TPSA) is 46.1 Å². The van der Waals surface area contributed by atoms with E-state index in [9.17, 15) is 4.79 Å². The molecule has 2 aromatic heterocycles. The van der Waals surface area contributed by atoms with Gasteiger partial charge in [-0.05, 0) is 36.6 Å².